The number of aromatic nitrogens is 2. The molecule has 1 amide bonds. The number of carbonyl (C=O) groups is 1. The Balaban J connectivity index is 2.04. The van der Waals surface area contributed by atoms with Crippen molar-refractivity contribution in [2.24, 2.45) is 0 Å². The number of benzene rings is 2. The lowest BCUT2D eigenvalue weighted by atomic mass is 10.1. The molecule has 150 valence electrons. The Hall–Kier alpha value is -3.55. The number of amides is 1. The molecule has 29 heavy (non-hydrogen) atoms. The molecule has 0 bridgehead atoms. The second-order valence-electron chi connectivity index (χ2n) is 6.84. The Morgan fingerprint density at radius 1 is 1.24 bits per heavy atom. The number of nitro groups is 1. The van der Waals surface area contributed by atoms with Gasteiger partial charge in [0, 0.05) is 31.3 Å². The van der Waals surface area contributed by atoms with Crippen LogP contribution in [0.5, 0.6) is 0 Å². The third-order valence-corrected chi connectivity index (χ3v) is 4.92. The highest BCUT2D eigenvalue weighted by Gasteiger charge is 2.25. The first kappa shape index (κ1) is 20.2. The van der Waals surface area contributed by atoms with Gasteiger partial charge in [0.25, 0.3) is 17.2 Å². The Morgan fingerprint density at radius 2 is 1.97 bits per heavy atom. The minimum Gasteiger partial charge on any atom is -0.332 e. The number of carbonyl (C=O) groups excluding carboxylic acids is 1. The molecule has 0 fully saturated rings. The van der Waals surface area contributed by atoms with E-state index in [4.69, 9.17) is 0 Å². The minimum absolute atomic E-state index is 0.143. The van der Waals surface area contributed by atoms with Gasteiger partial charge >= 0.3 is 0 Å². The van der Waals surface area contributed by atoms with Crippen LogP contribution in [-0.2, 0) is 6.54 Å². The SMILES string of the molecule is CCCn1c(C(C)N(C)C(=O)c2cccc([N+](=O)[O-])c2)nc2ccccc2c1=O. The Morgan fingerprint density at radius 3 is 2.66 bits per heavy atom. The fourth-order valence-corrected chi connectivity index (χ4v) is 3.25. The molecule has 3 aromatic rings. The molecule has 8 heteroatoms. The predicted octanol–water partition coefficient (Wildman–Crippen LogP) is 3.55. The van der Waals surface area contributed by atoms with Crippen LogP contribution in [0, 0.1) is 10.1 Å². The lowest BCUT2D eigenvalue weighted by Gasteiger charge is -2.27. The average molecular weight is 394 g/mol. The van der Waals surface area contributed by atoms with Crippen molar-refractivity contribution in [3.63, 3.8) is 0 Å². The van der Waals surface area contributed by atoms with Crippen LogP contribution in [-0.4, -0.2) is 32.3 Å². The van der Waals surface area contributed by atoms with Crippen molar-refractivity contribution in [3.05, 3.63) is 80.4 Å². The smallest absolute Gasteiger partial charge is 0.270 e. The monoisotopic (exact) mass is 394 g/mol. The quantitative estimate of drug-likeness (QED) is 0.470. The largest absolute Gasteiger partial charge is 0.332 e. The van der Waals surface area contributed by atoms with Crippen LogP contribution in [0.15, 0.2) is 53.3 Å². The van der Waals surface area contributed by atoms with Crippen LogP contribution in [0.1, 0.15) is 42.5 Å². The van der Waals surface area contributed by atoms with Gasteiger partial charge in [-0.1, -0.05) is 25.1 Å². The summed E-state index contributed by atoms with van der Waals surface area (Å²) in [5, 5.41) is 11.5. The molecule has 0 saturated heterocycles. The molecule has 0 aliphatic heterocycles. The van der Waals surface area contributed by atoms with E-state index in [1.807, 2.05) is 13.0 Å². The standard InChI is InChI=1S/C21H22N4O4/c1-4-12-24-19(22-18-11-6-5-10-17(18)21(24)27)14(2)23(3)20(26)15-8-7-9-16(13-15)25(28)29/h5-11,13-14H,4,12H2,1-3H3. The number of hydrogen-bond acceptors (Lipinski definition) is 5. The van der Waals surface area contributed by atoms with E-state index in [1.54, 1.807) is 36.7 Å². The summed E-state index contributed by atoms with van der Waals surface area (Å²) in [6, 6.07) is 12.2. The molecule has 0 saturated carbocycles. The van der Waals surface area contributed by atoms with Gasteiger partial charge in [0.15, 0.2) is 0 Å². The van der Waals surface area contributed by atoms with Gasteiger partial charge in [-0.3, -0.25) is 24.3 Å². The van der Waals surface area contributed by atoms with Crippen LogP contribution in [0.4, 0.5) is 5.69 Å². The summed E-state index contributed by atoms with van der Waals surface area (Å²) in [7, 11) is 1.60. The third kappa shape index (κ3) is 3.87. The first-order valence-corrected chi connectivity index (χ1v) is 9.36. The Labute approximate surface area is 167 Å². The van der Waals surface area contributed by atoms with Crippen LogP contribution in [0.3, 0.4) is 0 Å². The predicted molar refractivity (Wildman–Crippen MR) is 110 cm³/mol. The fraction of sp³-hybridized carbons (Fsp3) is 0.286. The molecule has 0 spiro atoms. The first-order chi connectivity index (χ1) is 13.8. The molecule has 1 unspecified atom stereocenters. The molecular formula is C21H22N4O4. The van der Waals surface area contributed by atoms with E-state index in [-0.39, 0.29) is 22.7 Å². The number of non-ortho nitro benzene ring substituents is 1. The molecule has 0 aliphatic carbocycles. The van der Waals surface area contributed by atoms with E-state index in [1.165, 1.54) is 29.2 Å². The van der Waals surface area contributed by atoms with E-state index >= 15 is 0 Å². The third-order valence-electron chi connectivity index (χ3n) is 4.92. The number of nitro benzene ring substituents is 1. The van der Waals surface area contributed by atoms with E-state index in [0.717, 1.165) is 6.42 Å². The highest BCUT2D eigenvalue weighted by Crippen LogP contribution is 2.22. The van der Waals surface area contributed by atoms with E-state index in [9.17, 15) is 19.7 Å². The van der Waals surface area contributed by atoms with Gasteiger partial charge in [0.2, 0.25) is 0 Å². The number of fused-ring (bicyclic) bond motifs is 1. The van der Waals surface area contributed by atoms with Crippen molar-refractivity contribution in [3.8, 4) is 0 Å². The zero-order valence-corrected chi connectivity index (χ0v) is 16.5. The Kier molecular flexibility index (Phi) is 5.72. The van der Waals surface area contributed by atoms with Crippen LogP contribution >= 0.6 is 0 Å². The zero-order chi connectivity index (χ0) is 21.1. The minimum atomic E-state index is -0.538. The van der Waals surface area contributed by atoms with Crippen molar-refractivity contribution >= 4 is 22.5 Å². The molecule has 1 aromatic heterocycles. The summed E-state index contributed by atoms with van der Waals surface area (Å²) in [5.74, 6) is 0.100. The summed E-state index contributed by atoms with van der Waals surface area (Å²) >= 11 is 0. The van der Waals surface area contributed by atoms with Gasteiger partial charge in [0.1, 0.15) is 5.82 Å². The van der Waals surface area contributed by atoms with E-state index < -0.39 is 11.0 Å². The molecule has 3 rings (SSSR count). The van der Waals surface area contributed by atoms with Gasteiger partial charge in [0.05, 0.1) is 21.9 Å². The van der Waals surface area contributed by atoms with Crippen molar-refractivity contribution < 1.29 is 9.72 Å². The molecule has 0 aliphatic rings. The van der Waals surface area contributed by atoms with Gasteiger partial charge in [-0.05, 0) is 31.5 Å². The topological polar surface area (TPSA) is 98.3 Å². The van der Waals surface area contributed by atoms with Crippen molar-refractivity contribution in [1.82, 2.24) is 14.5 Å². The normalized spacial score (nSPS) is 12.0. The van der Waals surface area contributed by atoms with Crippen LogP contribution < -0.4 is 5.56 Å². The second kappa shape index (κ2) is 8.22. The molecule has 1 heterocycles. The number of para-hydroxylation sites is 1. The van der Waals surface area contributed by atoms with Gasteiger partial charge < -0.3 is 4.90 Å². The number of hydrogen-bond donors (Lipinski definition) is 0. The van der Waals surface area contributed by atoms with Crippen molar-refractivity contribution in [1.29, 1.82) is 0 Å². The molecule has 0 N–H and O–H groups in total. The van der Waals surface area contributed by atoms with E-state index in [2.05, 4.69) is 4.98 Å². The van der Waals surface area contributed by atoms with Gasteiger partial charge in [-0.25, -0.2) is 4.98 Å². The van der Waals surface area contributed by atoms with Crippen molar-refractivity contribution in [2.75, 3.05) is 7.05 Å². The van der Waals surface area contributed by atoms with Gasteiger partial charge in [-0.2, -0.15) is 0 Å². The Bertz CT molecular complexity index is 1140. The maximum Gasteiger partial charge on any atom is 0.270 e. The highest BCUT2D eigenvalue weighted by atomic mass is 16.6. The molecule has 8 nitrogen and oxygen atoms in total. The van der Waals surface area contributed by atoms with Crippen LogP contribution in [0.2, 0.25) is 0 Å². The summed E-state index contributed by atoms with van der Waals surface area (Å²) in [6.45, 7) is 4.24. The first-order valence-electron chi connectivity index (χ1n) is 9.36. The highest BCUT2D eigenvalue weighted by molar-refractivity contribution is 5.95. The molecule has 1 atom stereocenters. The summed E-state index contributed by atoms with van der Waals surface area (Å²) in [5.41, 5.74) is 0.487. The maximum absolute atomic E-state index is 13.0. The molecule has 0 radical (unpaired) electrons. The maximum atomic E-state index is 13.0. The number of rotatable bonds is 6. The lowest BCUT2D eigenvalue weighted by Crippen LogP contribution is -2.35. The summed E-state index contributed by atoms with van der Waals surface area (Å²) < 4.78 is 1.60. The zero-order valence-electron chi connectivity index (χ0n) is 16.5. The van der Waals surface area contributed by atoms with Crippen LogP contribution in [0.25, 0.3) is 10.9 Å². The second-order valence-corrected chi connectivity index (χ2v) is 6.84. The van der Waals surface area contributed by atoms with E-state index in [0.29, 0.717) is 23.3 Å². The summed E-state index contributed by atoms with van der Waals surface area (Å²) in [4.78, 5) is 42.5. The number of nitrogens with zero attached hydrogens (tertiary/aromatic N) is 4. The fourth-order valence-electron chi connectivity index (χ4n) is 3.25. The van der Waals surface area contributed by atoms with Gasteiger partial charge in [-0.15, -0.1) is 0 Å². The summed E-state index contributed by atoms with van der Waals surface area (Å²) in [6.07, 6.45) is 0.738. The molecular weight excluding hydrogens is 372 g/mol. The molecule has 2 aromatic carbocycles. The van der Waals surface area contributed by atoms with Crippen molar-refractivity contribution in [2.45, 2.75) is 32.9 Å². The lowest BCUT2D eigenvalue weighted by molar-refractivity contribution is -0.384. The average Bonchev–Trinajstić information content (AvgIpc) is 2.74.